The van der Waals surface area contributed by atoms with Crippen molar-refractivity contribution in [2.45, 2.75) is 26.4 Å². The molecule has 0 fully saturated rings. The van der Waals surface area contributed by atoms with E-state index < -0.39 is 10.7 Å². The van der Waals surface area contributed by atoms with Crippen LogP contribution in [0.3, 0.4) is 0 Å². The summed E-state index contributed by atoms with van der Waals surface area (Å²) >= 11 is 0. The lowest BCUT2D eigenvalue weighted by Crippen LogP contribution is -2.03. The quantitative estimate of drug-likeness (QED) is 0.673. The van der Waals surface area contributed by atoms with E-state index in [4.69, 9.17) is 0 Å². The molecule has 0 spiro atoms. The molecule has 0 aliphatic heterocycles. The van der Waals surface area contributed by atoms with Gasteiger partial charge in [-0.1, -0.05) is 0 Å². The zero-order valence-corrected chi connectivity index (χ0v) is 11.2. The number of nitrogens with zero attached hydrogens (tertiary/aromatic N) is 3. The first-order valence-corrected chi connectivity index (χ1v) is 6.18. The van der Waals surface area contributed by atoms with Gasteiger partial charge < -0.3 is 5.32 Å². The maximum Gasteiger partial charge on any atom is 0.295 e. The molecular formula is C13H15FN4O2. The average Bonchev–Trinajstić information content (AvgIpc) is 2.86. The fourth-order valence-corrected chi connectivity index (χ4v) is 1.75. The number of nitro benzene ring substituents is 1. The highest BCUT2D eigenvalue weighted by molar-refractivity contribution is 5.61. The molecule has 0 saturated heterocycles. The molecule has 6 nitrogen and oxygen atoms in total. The third-order valence-electron chi connectivity index (χ3n) is 2.82. The Morgan fingerprint density at radius 3 is 2.85 bits per heavy atom. The van der Waals surface area contributed by atoms with Crippen molar-refractivity contribution >= 4 is 11.4 Å². The maximum atomic E-state index is 13.0. The molecule has 0 atom stereocenters. The van der Waals surface area contributed by atoms with Crippen molar-refractivity contribution in [3.63, 3.8) is 0 Å². The first kappa shape index (κ1) is 14.0. The number of aromatic nitrogens is 2. The topological polar surface area (TPSA) is 73.0 Å². The summed E-state index contributed by atoms with van der Waals surface area (Å²) in [6.45, 7) is 4.41. The van der Waals surface area contributed by atoms with E-state index in [1.54, 1.807) is 10.9 Å². The molecule has 0 bridgehead atoms. The summed E-state index contributed by atoms with van der Waals surface area (Å²) in [5.41, 5.74) is 0.910. The van der Waals surface area contributed by atoms with Crippen LogP contribution < -0.4 is 5.32 Å². The fraction of sp³-hybridized carbons (Fsp3) is 0.308. The Morgan fingerprint density at radius 1 is 1.50 bits per heavy atom. The van der Waals surface area contributed by atoms with E-state index in [1.807, 2.05) is 20.0 Å². The molecule has 1 aromatic carbocycles. The minimum atomic E-state index is -0.630. The van der Waals surface area contributed by atoms with E-state index in [9.17, 15) is 14.5 Å². The van der Waals surface area contributed by atoms with Crippen LogP contribution in [0.2, 0.25) is 0 Å². The van der Waals surface area contributed by atoms with Crippen LogP contribution in [0.1, 0.15) is 25.5 Å². The number of hydrogen-bond donors (Lipinski definition) is 1. The number of halogens is 1. The van der Waals surface area contributed by atoms with Gasteiger partial charge in [-0.2, -0.15) is 5.10 Å². The van der Waals surface area contributed by atoms with Gasteiger partial charge in [-0.3, -0.25) is 14.8 Å². The molecule has 0 aliphatic carbocycles. The van der Waals surface area contributed by atoms with E-state index >= 15 is 0 Å². The summed E-state index contributed by atoms with van der Waals surface area (Å²) in [4.78, 5) is 10.3. The van der Waals surface area contributed by atoms with Gasteiger partial charge in [-0.25, -0.2) is 4.39 Å². The molecule has 1 aromatic heterocycles. The van der Waals surface area contributed by atoms with E-state index in [0.29, 0.717) is 6.54 Å². The SMILES string of the molecule is CC(C)n1cc(CNc2ccc(F)cc2[N+](=O)[O-])cn1. The van der Waals surface area contributed by atoms with Crippen molar-refractivity contribution in [1.82, 2.24) is 9.78 Å². The first-order valence-electron chi connectivity index (χ1n) is 6.18. The van der Waals surface area contributed by atoms with Gasteiger partial charge in [0.2, 0.25) is 0 Å². The number of hydrogen-bond acceptors (Lipinski definition) is 4. The summed E-state index contributed by atoms with van der Waals surface area (Å²) < 4.78 is 14.8. The van der Waals surface area contributed by atoms with E-state index in [1.165, 1.54) is 12.1 Å². The first-order chi connectivity index (χ1) is 9.47. The van der Waals surface area contributed by atoms with Gasteiger partial charge in [0.1, 0.15) is 11.5 Å². The van der Waals surface area contributed by atoms with E-state index in [-0.39, 0.29) is 17.4 Å². The highest BCUT2D eigenvalue weighted by Gasteiger charge is 2.14. The maximum absolute atomic E-state index is 13.0. The van der Waals surface area contributed by atoms with Gasteiger partial charge in [0.25, 0.3) is 5.69 Å². The van der Waals surface area contributed by atoms with Crippen molar-refractivity contribution in [1.29, 1.82) is 0 Å². The number of rotatable bonds is 5. The Kier molecular flexibility index (Phi) is 3.97. The number of nitrogens with one attached hydrogen (secondary N) is 1. The lowest BCUT2D eigenvalue weighted by Gasteiger charge is -2.06. The molecule has 20 heavy (non-hydrogen) atoms. The van der Waals surface area contributed by atoms with Crippen LogP contribution in [0.5, 0.6) is 0 Å². The average molecular weight is 278 g/mol. The lowest BCUT2D eigenvalue weighted by molar-refractivity contribution is -0.384. The predicted octanol–water partition coefficient (Wildman–Crippen LogP) is 3.12. The Morgan fingerprint density at radius 2 is 2.25 bits per heavy atom. The van der Waals surface area contributed by atoms with Crippen LogP contribution in [0.4, 0.5) is 15.8 Å². The minimum Gasteiger partial charge on any atom is -0.375 e. The number of nitro groups is 1. The standard InChI is InChI=1S/C13H15FN4O2/c1-9(2)17-8-10(7-16-17)6-15-12-4-3-11(14)5-13(12)18(19)20/h3-5,7-9,15H,6H2,1-2H3. The molecule has 1 N–H and O–H groups in total. The minimum absolute atomic E-state index is 0.254. The van der Waals surface area contributed by atoms with Crippen LogP contribution >= 0.6 is 0 Å². The predicted molar refractivity (Wildman–Crippen MR) is 73.0 cm³/mol. The van der Waals surface area contributed by atoms with Crippen LogP contribution in [0.15, 0.2) is 30.6 Å². The normalized spacial score (nSPS) is 10.8. The Hall–Kier alpha value is -2.44. The van der Waals surface area contributed by atoms with Crippen molar-refractivity contribution in [3.8, 4) is 0 Å². The summed E-state index contributed by atoms with van der Waals surface area (Å²) in [6, 6.07) is 3.71. The second kappa shape index (κ2) is 5.68. The lowest BCUT2D eigenvalue weighted by atomic mass is 10.2. The van der Waals surface area contributed by atoms with Crippen LogP contribution in [0, 0.1) is 15.9 Å². The van der Waals surface area contributed by atoms with Crippen molar-refractivity contribution in [2.75, 3.05) is 5.32 Å². The van der Waals surface area contributed by atoms with Crippen LogP contribution in [-0.4, -0.2) is 14.7 Å². The van der Waals surface area contributed by atoms with Gasteiger partial charge in [-0.05, 0) is 26.0 Å². The summed E-state index contributed by atoms with van der Waals surface area (Å²) in [5, 5.41) is 18.0. The molecule has 7 heteroatoms. The van der Waals surface area contributed by atoms with Crippen molar-refractivity contribution < 1.29 is 9.31 Å². The highest BCUT2D eigenvalue weighted by Crippen LogP contribution is 2.25. The molecule has 0 saturated carbocycles. The molecule has 2 rings (SSSR count). The molecule has 106 valence electrons. The molecule has 0 unspecified atom stereocenters. The number of anilines is 1. The smallest absolute Gasteiger partial charge is 0.295 e. The molecular weight excluding hydrogens is 263 g/mol. The summed E-state index contributed by atoms with van der Waals surface area (Å²) in [5.74, 6) is -0.630. The molecule has 0 amide bonds. The Bertz CT molecular complexity index is 625. The molecule has 2 aromatic rings. The summed E-state index contributed by atoms with van der Waals surface area (Å²) in [7, 11) is 0. The Balaban J connectivity index is 2.12. The Labute approximate surface area is 115 Å². The molecule has 1 heterocycles. The van der Waals surface area contributed by atoms with Gasteiger partial charge in [0.05, 0.1) is 17.2 Å². The third kappa shape index (κ3) is 3.11. The summed E-state index contributed by atoms with van der Waals surface area (Å²) in [6.07, 6.45) is 3.56. The van der Waals surface area contributed by atoms with Gasteiger partial charge in [0.15, 0.2) is 0 Å². The van der Waals surface area contributed by atoms with Gasteiger partial charge in [-0.15, -0.1) is 0 Å². The monoisotopic (exact) mass is 278 g/mol. The largest absolute Gasteiger partial charge is 0.375 e. The van der Waals surface area contributed by atoms with E-state index in [2.05, 4.69) is 10.4 Å². The second-order valence-electron chi connectivity index (χ2n) is 4.69. The zero-order chi connectivity index (χ0) is 14.7. The van der Waals surface area contributed by atoms with E-state index in [0.717, 1.165) is 11.6 Å². The van der Waals surface area contributed by atoms with Gasteiger partial charge >= 0.3 is 0 Å². The van der Waals surface area contributed by atoms with Crippen molar-refractivity contribution in [2.24, 2.45) is 0 Å². The highest BCUT2D eigenvalue weighted by atomic mass is 19.1. The van der Waals surface area contributed by atoms with Crippen LogP contribution in [0.25, 0.3) is 0 Å². The van der Waals surface area contributed by atoms with Crippen molar-refractivity contribution in [3.05, 3.63) is 52.1 Å². The van der Waals surface area contributed by atoms with Crippen LogP contribution in [-0.2, 0) is 6.54 Å². The second-order valence-corrected chi connectivity index (χ2v) is 4.69. The van der Waals surface area contributed by atoms with Gasteiger partial charge in [0, 0.05) is 24.3 Å². The third-order valence-corrected chi connectivity index (χ3v) is 2.82. The molecule has 0 aliphatic rings. The fourth-order valence-electron chi connectivity index (χ4n) is 1.75. The zero-order valence-electron chi connectivity index (χ0n) is 11.2. The molecule has 0 radical (unpaired) electrons. The number of benzene rings is 1.